The average molecular weight is 603 g/mol. The Morgan fingerprint density at radius 2 is 1.64 bits per heavy atom. The van der Waals surface area contributed by atoms with Gasteiger partial charge in [-0.1, -0.05) is 62.7 Å². The Hall–Kier alpha value is -4.28. The number of carboxylic acid groups (broad SMARTS) is 1. The van der Waals surface area contributed by atoms with Crippen LogP contribution >= 0.6 is 22.9 Å². The lowest BCUT2D eigenvalue weighted by molar-refractivity contribution is -0.306. The zero-order valence-corrected chi connectivity index (χ0v) is 25.0. The first kappa shape index (κ1) is 29.2. The molecule has 11 heteroatoms. The average Bonchev–Trinajstić information content (AvgIpc) is 3.69. The molecule has 0 saturated heterocycles. The molecule has 5 aromatic rings. The van der Waals surface area contributed by atoms with Crippen LogP contribution in [0.15, 0.2) is 54.6 Å². The van der Waals surface area contributed by atoms with Crippen LogP contribution in [0.5, 0.6) is 0 Å². The van der Waals surface area contributed by atoms with E-state index < -0.39 is 18.4 Å². The predicted molar refractivity (Wildman–Crippen MR) is 160 cm³/mol. The molecule has 0 saturated carbocycles. The first-order chi connectivity index (χ1) is 20.3. The highest BCUT2D eigenvalue weighted by atomic mass is 35.5. The number of ketones is 1. The Morgan fingerprint density at radius 3 is 2.33 bits per heavy atom. The Kier molecular flexibility index (Phi) is 8.56. The summed E-state index contributed by atoms with van der Waals surface area (Å²) in [5.74, 6) is -0.864. The van der Waals surface area contributed by atoms with Gasteiger partial charge in [0.05, 0.1) is 29.6 Å². The van der Waals surface area contributed by atoms with Crippen molar-refractivity contribution in [2.75, 3.05) is 0 Å². The molecule has 0 aliphatic carbocycles. The number of carboxylic acids is 1. The van der Waals surface area contributed by atoms with E-state index in [1.807, 2.05) is 43.5 Å². The van der Waals surface area contributed by atoms with Crippen molar-refractivity contribution in [3.8, 4) is 5.00 Å². The van der Waals surface area contributed by atoms with Gasteiger partial charge in [0.1, 0.15) is 16.5 Å². The number of amides is 1. The second-order valence-corrected chi connectivity index (χ2v) is 11.2. The van der Waals surface area contributed by atoms with Gasteiger partial charge in [0, 0.05) is 27.8 Å². The Balaban J connectivity index is 1.54. The van der Waals surface area contributed by atoms with Crippen molar-refractivity contribution in [2.45, 2.75) is 53.1 Å². The summed E-state index contributed by atoms with van der Waals surface area (Å²) in [6.07, 6.45) is 1.80. The van der Waals surface area contributed by atoms with Crippen LogP contribution in [0.25, 0.3) is 15.9 Å². The summed E-state index contributed by atoms with van der Waals surface area (Å²) in [5.41, 5.74) is 2.54. The van der Waals surface area contributed by atoms with Crippen LogP contribution in [-0.4, -0.2) is 37.0 Å². The molecular weight excluding hydrogens is 574 g/mol. The number of nitrogens with zero attached hydrogens (tertiary/aromatic N) is 4. The Morgan fingerprint density at radius 1 is 0.929 bits per heavy atom. The first-order valence-electron chi connectivity index (χ1n) is 13.7. The summed E-state index contributed by atoms with van der Waals surface area (Å²) >= 11 is 7.85. The fourth-order valence-electron chi connectivity index (χ4n) is 5.19. The number of hydrogen-bond acceptors (Lipinski definition) is 7. The number of thiophene rings is 1. The van der Waals surface area contributed by atoms with Gasteiger partial charge in [-0.05, 0) is 42.7 Å². The number of nitrogens with one attached hydrogen (secondary N) is 1. The molecule has 0 unspecified atom stereocenters. The molecule has 1 amide bonds. The van der Waals surface area contributed by atoms with Crippen molar-refractivity contribution >= 4 is 51.5 Å². The Labute approximate surface area is 251 Å². The quantitative estimate of drug-likeness (QED) is 0.222. The van der Waals surface area contributed by atoms with E-state index in [2.05, 4.69) is 15.5 Å². The molecule has 1 N–H and O–H groups in total. The topological polar surface area (TPSA) is 122 Å². The number of carbonyl (C=O) groups is 3. The van der Waals surface area contributed by atoms with Crippen LogP contribution in [0, 0.1) is 0 Å². The minimum Gasteiger partial charge on any atom is -0.548 e. The summed E-state index contributed by atoms with van der Waals surface area (Å²) < 4.78 is 3.31. The number of hydrogen-bond donors (Lipinski definition) is 1. The summed E-state index contributed by atoms with van der Waals surface area (Å²) in [7, 11) is 0. The van der Waals surface area contributed by atoms with E-state index in [4.69, 9.17) is 11.6 Å². The van der Waals surface area contributed by atoms with E-state index in [-0.39, 0.29) is 18.0 Å². The molecule has 0 radical (unpaired) electrons. The molecule has 0 fully saturated rings. The minimum atomic E-state index is -1.29. The standard InChI is InChI=1S/C31H30ClN5O4S/c1-4-18-15-22(29(40)21-12-7-9-13-23(21)32)31(42-18)37-25(6-3)34-35-26(37)16-33-30(41)28-19(5-2)20-11-8-10-14-24(20)36(28)17-27(38)39/h7-15H,4-6,16-17H2,1-3H3,(H,33,41)(H,38,39)/p-1. The van der Waals surface area contributed by atoms with Gasteiger partial charge < -0.3 is 19.8 Å². The minimum absolute atomic E-state index is 0.000909. The molecule has 42 heavy (non-hydrogen) atoms. The summed E-state index contributed by atoms with van der Waals surface area (Å²) in [6, 6.07) is 16.1. The molecule has 3 heterocycles. The van der Waals surface area contributed by atoms with Gasteiger partial charge in [0.15, 0.2) is 11.6 Å². The second kappa shape index (κ2) is 12.3. The fourth-order valence-corrected chi connectivity index (χ4v) is 6.54. The van der Waals surface area contributed by atoms with Crippen LogP contribution in [0.1, 0.15) is 69.3 Å². The number of aliphatic carboxylic acids is 1. The molecule has 0 spiro atoms. The SMILES string of the molecule is CCc1cc(C(=O)c2ccccc2Cl)c(-n2c(CC)nnc2CNC(=O)c2c(CC)c3ccccc3n2CC(=O)[O-])s1. The maximum absolute atomic E-state index is 13.7. The van der Waals surface area contributed by atoms with Gasteiger partial charge in [-0.15, -0.1) is 21.5 Å². The molecule has 3 aromatic heterocycles. The largest absolute Gasteiger partial charge is 0.548 e. The lowest BCUT2D eigenvalue weighted by Crippen LogP contribution is -2.32. The van der Waals surface area contributed by atoms with Crippen molar-refractivity contribution < 1.29 is 19.5 Å². The van der Waals surface area contributed by atoms with Crippen molar-refractivity contribution in [2.24, 2.45) is 0 Å². The lowest BCUT2D eigenvalue weighted by Gasteiger charge is -2.14. The molecule has 2 aromatic carbocycles. The number of halogens is 1. The van der Waals surface area contributed by atoms with E-state index in [0.29, 0.717) is 51.2 Å². The van der Waals surface area contributed by atoms with Gasteiger partial charge in [-0.25, -0.2) is 0 Å². The number of rotatable bonds is 11. The highest BCUT2D eigenvalue weighted by Crippen LogP contribution is 2.33. The highest BCUT2D eigenvalue weighted by molar-refractivity contribution is 7.15. The molecule has 0 atom stereocenters. The zero-order valence-electron chi connectivity index (χ0n) is 23.4. The van der Waals surface area contributed by atoms with Crippen LogP contribution in [0.4, 0.5) is 0 Å². The van der Waals surface area contributed by atoms with Crippen molar-refractivity contribution in [3.05, 3.63) is 98.5 Å². The summed E-state index contributed by atoms with van der Waals surface area (Å²) in [5, 5.41) is 25.1. The van der Waals surface area contributed by atoms with Gasteiger partial charge >= 0.3 is 0 Å². The maximum Gasteiger partial charge on any atom is 0.268 e. The summed E-state index contributed by atoms with van der Waals surface area (Å²) in [4.78, 5) is 40.0. The fraction of sp³-hybridized carbons (Fsp3) is 0.258. The van der Waals surface area contributed by atoms with Gasteiger partial charge in [-0.3, -0.25) is 14.2 Å². The number of benzene rings is 2. The maximum atomic E-state index is 13.7. The third-order valence-electron chi connectivity index (χ3n) is 7.13. The van der Waals surface area contributed by atoms with E-state index in [1.165, 1.54) is 15.9 Å². The number of fused-ring (bicyclic) bond motifs is 1. The van der Waals surface area contributed by atoms with Crippen LogP contribution in [0.2, 0.25) is 5.02 Å². The number of carbonyl (C=O) groups excluding carboxylic acids is 3. The van der Waals surface area contributed by atoms with E-state index in [1.54, 1.807) is 36.4 Å². The van der Waals surface area contributed by atoms with Crippen molar-refractivity contribution in [1.82, 2.24) is 24.6 Å². The molecule has 9 nitrogen and oxygen atoms in total. The molecule has 0 aliphatic rings. The third kappa shape index (κ3) is 5.35. The molecule has 0 bridgehead atoms. The number of para-hydroxylation sites is 1. The molecule has 0 aliphatic heterocycles. The number of aromatic nitrogens is 4. The lowest BCUT2D eigenvalue weighted by atomic mass is 10.0. The monoisotopic (exact) mass is 602 g/mol. The molecular formula is C31H29ClN5O4S-. The molecule has 216 valence electrons. The zero-order chi connectivity index (χ0) is 30.0. The predicted octanol–water partition coefficient (Wildman–Crippen LogP) is 4.54. The highest BCUT2D eigenvalue weighted by Gasteiger charge is 2.26. The third-order valence-corrected chi connectivity index (χ3v) is 8.72. The van der Waals surface area contributed by atoms with Gasteiger partial charge in [0.2, 0.25) is 0 Å². The van der Waals surface area contributed by atoms with Crippen LogP contribution in [-0.2, 0) is 37.1 Å². The van der Waals surface area contributed by atoms with Gasteiger partial charge in [0.25, 0.3) is 5.91 Å². The first-order valence-corrected chi connectivity index (χ1v) is 14.9. The van der Waals surface area contributed by atoms with E-state index >= 15 is 0 Å². The summed E-state index contributed by atoms with van der Waals surface area (Å²) in [6.45, 7) is 5.43. The van der Waals surface area contributed by atoms with Crippen molar-refractivity contribution in [3.63, 3.8) is 0 Å². The smallest absolute Gasteiger partial charge is 0.268 e. The van der Waals surface area contributed by atoms with E-state index in [9.17, 15) is 19.5 Å². The van der Waals surface area contributed by atoms with Crippen LogP contribution < -0.4 is 10.4 Å². The van der Waals surface area contributed by atoms with Gasteiger partial charge in [-0.2, -0.15) is 0 Å². The molecule has 5 rings (SSSR count). The van der Waals surface area contributed by atoms with E-state index in [0.717, 1.165) is 22.2 Å². The van der Waals surface area contributed by atoms with Crippen LogP contribution in [0.3, 0.4) is 0 Å². The van der Waals surface area contributed by atoms with Crippen molar-refractivity contribution in [1.29, 1.82) is 0 Å². The normalized spacial score (nSPS) is 11.2. The number of aryl methyl sites for hydroxylation is 3. The second-order valence-electron chi connectivity index (χ2n) is 9.65. The Bertz CT molecular complexity index is 1820.